The molecule has 128 valence electrons. The fraction of sp³-hybridized carbons (Fsp3) is 0. The van der Waals surface area contributed by atoms with Crippen molar-refractivity contribution in [2.24, 2.45) is 0 Å². The van der Waals surface area contributed by atoms with Gasteiger partial charge in [0, 0.05) is 26.2 Å². The van der Waals surface area contributed by atoms with E-state index in [1.54, 1.807) is 0 Å². The normalized spacial score (nSPS) is 10.9. The molecule has 0 unspecified atom stereocenters. The van der Waals surface area contributed by atoms with Crippen LogP contribution in [0.15, 0.2) is 78.9 Å². The molecule has 1 heterocycles. The van der Waals surface area contributed by atoms with Gasteiger partial charge in [0.15, 0.2) is 0 Å². The first-order valence-corrected chi connectivity index (χ1v) is 9.11. The molecule has 0 bridgehead atoms. The molecule has 0 amide bonds. The average Bonchev–Trinajstić information content (AvgIpc) is 3.08. The Morgan fingerprint density at radius 1 is 0.615 bits per heavy atom. The lowest BCUT2D eigenvalue weighted by molar-refractivity contribution is 0.892. The minimum absolute atomic E-state index is 0.660. The maximum atomic E-state index is 6.18. The maximum Gasteiger partial charge on any atom is 0.0934 e. The number of benzene rings is 3. The molecule has 0 aliphatic carbocycles. The van der Waals surface area contributed by atoms with Gasteiger partial charge in [-0.15, -0.1) is 0 Å². The molecule has 0 saturated carbocycles. The third-order valence-corrected chi connectivity index (χ3v) is 4.78. The highest BCUT2D eigenvalue weighted by atomic mass is 35.5. The Labute approximate surface area is 166 Å². The van der Waals surface area contributed by atoms with E-state index in [4.69, 9.17) is 39.9 Å². The largest absolute Gasteiger partial charge is 0.232 e. The Balaban J connectivity index is 1.90. The van der Waals surface area contributed by atoms with Gasteiger partial charge in [0.05, 0.1) is 17.1 Å². The number of nitrogens with zero attached hydrogens (tertiary/aromatic N) is 2. The SMILES string of the molecule is Clc1ccc(-c2cc(-c3ccc(Cl)cc3)n(-c3cccc(Cl)c3)n2)cc1. The molecule has 1 aromatic heterocycles. The number of hydrogen-bond donors (Lipinski definition) is 0. The van der Waals surface area contributed by atoms with Crippen molar-refractivity contribution in [3.05, 3.63) is 93.9 Å². The first-order valence-electron chi connectivity index (χ1n) is 7.98. The van der Waals surface area contributed by atoms with E-state index in [0.29, 0.717) is 15.1 Å². The van der Waals surface area contributed by atoms with Gasteiger partial charge in [-0.05, 0) is 48.5 Å². The van der Waals surface area contributed by atoms with Crippen molar-refractivity contribution in [3.8, 4) is 28.2 Å². The van der Waals surface area contributed by atoms with Crippen LogP contribution in [0.3, 0.4) is 0 Å². The average molecular weight is 400 g/mol. The summed E-state index contributed by atoms with van der Waals surface area (Å²) in [5.74, 6) is 0. The molecule has 0 spiro atoms. The molecule has 26 heavy (non-hydrogen) atoms. The predicted molar refractivity (Wildman–Crippen MR) is 109 cm³/mol. The third kappa shape index (κ3) is 3.49. The van der Waals surface area contributed by atoms with Crippen LogP contribution in [0.2, 0.25) is 15.1 Å². The monoisotopic (exact) mass is 398 g/mol. The van der Waals surface area contributed by atoms with Gasteiger partial charge in [-0.2, -0.15) is 5.10 Å². The van der Waals surface area contributed by atoms with E-state index in [9.17, 15) is 0 Å². The molecule has 2 nitrogen and oxygen atoms in total. The second-order valence-electron chi connectivity index (χ2n) is 5.82. The van der Waals surface area contributed by atoms with Gasteiger partial charge in [0.2, 0.25) is 0 Å². The Bertz CT molecular complexity index is 1050. The van der Waals surface area contributed by atoms with Crippen LogP contribution >= 0.6 is 34.8 Å². The zero-order chi connectivity index (χ0) is 18.1. The molecule has 3 aromatic carbocycles. The van der Waals surface area contributed by atoms with Gasteiger partial charge in [-0.25, -0.2) is 4.68 Å². The highest BCUT2D eigenvalue weighted by molar-refractivity contribution is 6.31. The number of rotatable bonds is 3. The second kappa shape index (κ2) is 7.16. The fourth-order valence-corrected chi connectivity index (χ4v) is 3.21. The zero-order valence-electron chi connectivity index (χ0n) is 13.5. The van der Waals surface area contributed by atoms with E-state index in [0.717, 1.165) is 28.2 Å². The Morgan fingerprint density at radius 3 is 1.85 bits per heavy atom. The van der Waals surface area contributed by atoms with Crippen LogP contribution in [-0.2, 0) is 0 Å². The predicted octanol–water partition coefficient (Wildman–Crippen LogP) is 7.17. The lowest BCUT2D eigenvalue weighted by atomic mass is 10.1. The Hall–Kier alpha value is -2.26. The summed E-state index contributed by atoms with van der Waals surface area (Å²) in [5, 5.41) is 6.85. The summed E-state index contributed by atoms with van der Waals surface area (Å²) in [7, 11) is 0. The van der Waals surface area contributed by atoms with Gasteiger partial charge >= 0.3 is 0 Å². The molecule has 0 fully saturated rings. The second-order valence-corrected chi connectivity index (χ2v) is 7.13. The smallest absolute Gasteiger partial charge is 0.0934 e. The van der Waals surface area contributed by atoms with Crippen molar-refractivity contribution < 1.29 is 0 Å². The minimum Gasteiger partial charge on any atom is -0.232 e. The van der Waals surface area contributed by atoms with Crippen LogP contribution in [0.4, 0.5) is 0 Å². The molecule has 0 atom stereocenters. The van der Waals surface area contributed by atoms with Crippen molar-refractivity contribution in [1.82, 2.24) is 9.78 Å². The molecule has 4 rings (SSSR count). The third-order valence-electron chi connectivity index (χ3n) is 4.04. The first kappa shape index (κ1) is 17.2. The molecule has 0 saturated heterocycles. The van der Waals surface area contributed by atoms with Crippen LogP contribution in [-0.4, -0.2) is 9.78 Å². The van der Waals surface area contributed by atoms with Crippen LogP contribution in [0, 0.1) is 0 Å². The van der Waals surface area contributed by atoms with E-state index in [1.807, 2.05) is 83.5 Å². The number of aromatic nitrogens is 2. The van der Waals surface area contributed by atoms with E-state index >= 15 is 0 Å². The van der Waals surface area contributed by atoms with Gasteiger partial charge < -0.3 is 0 Å². The summed E-state index contributed by atoms with van der Waals surface area (Å²) in [5.41, 5.74) is 4.70. The van der Waals surface area contributed by atoms with Crippen molar-refractivity contribution in [2.75, 3.05) is 0 Å². The highest BCUT2D eigenvalue weighted by Crippen LogP contribution is 2.30. The Morgan fingerprint density at radius 2 is 1.23 bits per heavy atom. The van der Waals surface area contributed by atoms with Crippen molar-refractivity contribution >= 4 is 34.8 Å². The van der Waals surface area contributed by atoms with Crippen LogP contribution in [0.5, 0.6) is 0 Å². The Kier molecular flexibility index (Phi) is 4.73. The van der Waals surface area contributed by atoms with Crippen LogP contribution in [0.25, 0.3) is 28.2 Å². The molecule has 4 aromatic rings. The summed E-state index contributed by atoms with van der Waals surface area (Å²) >= 11 is 18.2. The van der Waals surface area contributed by atoms with E-state index in [1.165, 1.54) is 0 Å². The zero-order valence-corrected chi connectivity index (χ0v) is 15.8. The summed E-state index contributed by atoms with van der Waals surface area (Å²) in [6.45, 7) is 0. The van der Waals surface area contributed by atoms with Crippen LogP contribution < -0.4 is 0 Å². The minimum atomic E-state index is 0.660. The first-order chi connectivity index (χ1) is 12.6. The fourth-order valence-electron chi connectivity index (χ4n) is 2.77. The number of hydrogen-bond acceptors (Lipinski definition) is 1. The lowest BCUT2D eigenvalue weighted by Crippen LogP contribution is -1.99. The number of halogens is 3. The van der Waals surface area contributed by atoms with E-state index in [-0.39, 0.29) is 0 Å². The van der Waals surface area contributed by atoms with Gasteiger partial charge in [0.1, 0.15) is 0 Å². The summed E-state index contributed by atoms with van der Waals surface area (Å²) in [4.78, 5) is 0. The lowest BCUT2D eigenvalue weighted by Gasteiger charge is -2.08. The van der Waals surface area contributed by atoms with E-state index < -0.39 is 0 Å². The molecule has 0 aliphatic heterocycles. The topological polar surface area (TPSA) is 17.8 Å². The van der Waals surface area contributed by atoms with Crippen molar-refractivity contribution in [2.45, 2.75) is 0 Å². The molecular weight excluding hydrogens is 387 g/mol. The van der Waals surface area contributed by atoms with Gasteiger partial charge in [-0.1, -0.05) is 65.1 Å². The summed E-state index contributed by atoms with van der Waals surface area (Å²) in [6.07, 6.45) is 0. The molecule has 5 heteroatoms. The quantitative estimate of drug-likeness (QED) is 0.357. The van der Waals surface area contributed by atoms with Crippen molar-refractivity contribution in [1.29, 1.82) is 0 Å². The standard InChI is InChI=1S/C21H13Cl3N2/c22-16-8-4-14(5-9-16)20-13-21(15-6-10-17(23)11-7-15)26(25-20)19-3-1-2-18(24)12-19/h1-13H. The molecule has 0 radical (unpaired) electrons. The summed E-state index contributed by atoms with van der Waals surface area (Å²) < 4.78 is 1.89. The molecular formula is C21H13Cl3N2. The van der Waals surface area contributed by atoms with E-state index in [2.05, 4.69) is 0 Å². The highest BCUT2D eigenvalue weighted by Gasteiger charge is 2.13. The van der Waals surface area contributed by atoms with Gasteiger partial charge in [0.25, 0.3) is 0 Å². The molecule has 0 aliphatic rings. The van der Waals surface area contributed by atoms with Crippen LogP contribution in [0.1, 0.15) is 0 Å². The summed E-state index contributed by atoms with van der Waals surface area (Å²) in [6, 6.07) is 25.0. The van der Waals surface area contributed by atoms with Gasteiger partial charge in [-0.3, -0.25) is 0 Å². The molecule has 0 N–H and O–H groups in total. The van der Waals surface area contributed by atoms with Crippen molar-refractivity contribution in [3.63, 3.8) is 0 Å². The maximum absolute atomic E-state index is 6.18.